The molecule has 0 N–H and O–H groups in total. The highest BCUT2D eigenvalue weighted by Crippen LogP contribution is 2.49. The summed E-state index contributed by atoms with van der Waals surface area (Å²) >= 11 is 9.43. The van der Waals surface area contributed by atoms with Crippen molar-refractivity contribution < 1.29 is 4.42 Å². The second kappa shape index (κ2) is 26.4. The van der Waals surface area contributed by atoms with Gasteiger partial charge in [0, 0.05) is 147 Å². The van der Waals surface area contributed by atoms with Gasteiger partial charge in [0.25, 0.3) is 0 Å². The monoisotopic (exact) mass is 1580 g/mol. The molecule has 0 radical (unpaired) electrons. The zero-order valence-electron chi connectivity index (χ0n) is 62.7. The Hall–Kier alpha value is -13.7. The topological polar surface area (TPSA) is 27.9 Å². The first-order valence-electron chi connectivity index (χ1n) is 39.6. The number of hydrogen-bond acceptors (Lipinski definition) is 6. The summed E-state index contributed by atoms with van der Waals surface area (Å²) in [6, 6.07) is 140. The Morgan fingerprint density at radius 2 is 0.436 bits per heavy atom. The molecule has 27 aromatic rings. The summed E-state index contributed by atoms with van der Waals surface area (Å²) in [6.07, 6.45) is 0. The minimum Gasteiger partial charge on any atom is -0.456 e. The standard InChI is InChI=1S/C36H21NOS.2C36H21NS2/c1-4-10-31-25(7-1)29-19-20-30-28-9-3-6-12-34(28)39-36(30)35(29)37(31)24-16-13-22(14-17-24)23-15-18-27-26-8-2-5-11-32(26)38-33(27)21-23;1-4-10-31-25(7-1)28-18-19-29-26-8-2-6-12-33(26)39-36(29)35(28)37(31)24-16-13-22(14-17-24)23-15-20-34-30(21-23)27-9-3-5-11-32(27)38-34;1-4-10-31-25(7-1)29-19-20-30-27-9-3-6-12-33(27)39-36(30)35(29)37(31)24-16-13-22(14-17-24)23-15-18-28-26-8-2-5-11-32(26)38-34(28)21-23/h3*1-21H. The quantitative estimate of drug-likeness (QED) is 0.163. The van der Waals surface area contributed by atoms with E-state index in [1.807, 2.05) is 68.8 Å². The van der Waals surface area contributed by atoms with Gasteiger partial charge in [-0.05, 0) is 155 Å². The van der Waals surface area contributed by atoms with Crippen LogP contribution in [0.1, 0.15) is 0 Å². The predicted molar refractivity (Wildman–Crippen MR) is 510 cm³/mol. The van der Waals surface area contributed by atoms with Crippen LogP contribution in [-0.2, 0) is 0 Å². The molecule has 9 heterocycles. The third-order valence-corrected chi connectivity index (χ3v) is 29.9. The minimum absolute atomic E-state index is 0.923. The summed E-state index contributed by atoms with van der Waals surface area (Å²) in [7, 11) is 0. The molecule has 546 valence electrons. The number of aromatic nitrogens is 3. The number of fused-ring (bicyclic) bond motifs is 30. The molecule has 0 aliphatic rings. The molecule has 27 rings (SSSR count). The van der Waals surface area contributed by atoms with Crippen molar-refractivity contribution >= 4 is 245 Å². The van der Waals surface area contributed by atoms with Gasteiger partial charge in [-0.1, -0.05) is 261 Å². The fourth-order valence-electron chi connectivity index (χ4n) is 18.6. The molecule has 0 saturated carbocycles. The number of hydrogen-bond donors (Lipinski definition) is 0. The normalized spacial score (nSPS) is 12.1. The van der Waals surface area contributed by atoms with Crippen LogP contribution < -0.4 is 0 Å². The minimum atomic E-state index is 0.923. The molecule has 0 atom stereocenters. The first kappa shape index (κ1) is 66.7. The molecule has 0 spiro atoms. The van der Waals surface area contributed by atoms with Crippen LogP contribution in [0.25, 0.3) is 239 Å². The lowest BCUT2D eigenvalue weighted by Gasteiger charge is -2.10. The SMILES string of the molecule is c1ccc2c(c1)oc1cc(-c3ccc(-n4c5ccccc5c5ccc6c7ccccc7sc6c54)cc3)ccc12.c1ccc2c(c1)sc1cc(-c3ccc(-n4c5ccccc5c5ccc6c7ccccc7sc6c54)cc3)ccc12.c1ccc2c(c1)sc1ccc(-c3ccc(-n4c5ccccc5c5ccc6c7ccccc7sc6c54)cc3)cc12. The molecule has 9 aromatic heterocycles. The Balaban J connectivity index is 0.0000000980. The smallest absolute Gasteiger partial charge is 0.136 e. The molecule has 0 saturated heterocycles. The van der Waals surface area contributed by atoms with E-state index in [0.29, 0.717) is 0 Å². The molecule has 0 aliphatic carbocycles. The van der Waals surface area contributed by atoms with Crippen LogP contribution in [-0.4, -0.2) is 13.7 Å². The number of benzene rings is 18. The van der Waals surface area contributed by atoms with Crippen LogP contribution in [0.2, 0.25) is 0 Å². The lowest BCUT2D eigenvalue weighted by molar-refractivity contribution is 0.669. The maximum absolute atomic E-state index is 6.16. The predicted octanol–water partition coefficient (Wildman–Crippen LogP) is 33.1. The van der Waals surface area contributed by atoms with Crippen LogP contribution in [0.15, 0.2) is 387 Å². The van der Waals surface area contributed by atoms with E-state index in [9.17, 15) is 0 Å². The zero-order valence-corrected chi connectivity index (χ0v) is 66.7. The summed E-state index contributed by atoms with van der Waals surface area (Å²) in [4.78, 5) is 0. The van der Waals surface area contributed by atoms with E-state index >= 15 is 0 Å². The van der Waals surface area contributed by atoms with Crippen molar-refractivity contribution in [2.24, 2.45) is 0 Å². The van der Waals surface area contributed by atoms with E-state index in [1.54, 1.807) is 0 Å². The molecular weight excluding hydrogens is 1520 g/mol. The molecule has 0 unspecified atom stereocenters. The molecule has 4 nitrogen and oxygen atoms in total. The van der Waals surface area contributed by atoms with Crippen LogP contribution >= 0.6 is 56.7 Å². The Labute approximate surface area is 689 Å². The molecular formula is C108H63N3OS5. The highest BCUT2D eigenvalue weighted by molar-refractivity contribution is 7.28. The molecule has 0 bridgehead atoms. The van der Waals surface area contributed by atoms with Gasteiger partial charge >= 0.3 is 0 Å². The lowest BCUT2D eigenvalue weighted by Crippen LogP contribution is -1.93. The number of furan rings is 1. The van der Waals surface area contributed by atoms with Crippen molar-refractivity contribution in [2.75, 3.05) is 0 Å². The van der Waals surface area contributed by atoms with Crippen molar-refractivity contribution in [3.63, 3.8) is 0 Å². The van der Waals surface area contributed by atoms with Gasteiger partial charge in [-0.15, -0.1) is 56.7 Å². The van der Waals surface area contributed by atoms with Gasteiger partial charge in [0.15, 0.2) is 0 Å². The Bertz CT molecular complexity index is 8420. The van der Waals surface area contributed by atoms with Gasteiger partial charge in [0.2, 0.25) is 0 Å². The van der Waals surface area contributed by atoms with Crippen molar-refractivity contribution in [2.45, 2.75) is 0 Å². The van der Waals surface area contributed by atoms with E-state index < -0.39 is 0 Å². The zero-order chi connectivity index (χ0) is 76.5. The second-order valence-electron chi connectivity index (χ2n) is 30.4. The van der Waals surface area contributed by atoms with Crippen LogP contribution in [0.5, 0.6) is 0 Å². The average Bonchev–Trinajstić information content (AvgIpc) is 1.57. The molecule has 0 fully saturated rings. The second-order valence-corrected chi connectivity index (χ2v) is 35.8. The van der Waals surface area contributed by atoms with Crippen molar-refractivity contribution in [3.8, 4) is 50.4 Å². The summed E-state index contributed by atoms with van der Waals surface area (Å²) in [5, 5.41) is 23.5. The molecule has 117 heavy (non-hydrogen) atoms. The van der Waals surface area contributed by atoms with Gasteiger partial charge in [-0.2, -0.15) is 0 Å². The van der Waals surface area contributed by atoms with Gasteiger partial charge in [-0.3, -0.25) is 0 Å². The summed E-state index contributed by atoms with van der Waals surface area (Å²) in [6.45, 7) is 0. The number of nitrogens with zero attached hydrogens (tertiary/aromatic N) is 3. The maximum Gasteiger partial charge on any atom is 0.136 e. The molecule has 0 aliphatic heterocycles. The van der Waals surface area contributed by atoms with Gasteiger partial charge in [0.1, 0.15) is 11.2 Å². The molecule has 0 amide bonds. The largest absolute Gasteiger partial charge is 0.456 e. The first-order chi connectivity index (χ1) is 58.0. The third kappa shape index (κ3) is 10.5. The van der Waals surface area contributed by atoms with Crippen molar-refractivity contribution in [1.29, 1.82) is 0 Å². The van der Waals surface area contributed by atoms with E-state index in [2.05, 4.69) is 384 Å². The third-order valence-electron chi connectivity index (χ3n) is 24.0. The van der Waals surface area contributed by atoms with E-state index in [1.165, 1.54) is 211 Å². The Morgan fingerprint density at radius 3 is 0.872 bits per heavy atom. The van der Waals surface area contributed by atoms with Gasteiger partial charge in [-0.25, -0.2) is 0 Å². The van der Waals surface area contributed by atoms with Crippen LogP contribution in [0.3, 0.4) is 0 Å². The lowest BCUT2D eigenvalue weighted by atomic mass is 10.0. The maximum atomic E-state index is 6.16. The average molecular weight is 1580 g/mol. The Kier molecular flexibility index (Phi) is 15.0. The van der Waals surface area contributed by atoms with Crippen LogP contribution in [0.4, 0.5) is 0 Å². The summed E-state index contributed by atoms with van der Waals surface area (Å²) < 4.78 is 26.9. The first-order valence-corrected chi connectivity index (χ1v) is 43.7. The number of thiophene rings is 5. The van der Waals surface area contributed by atoms with Crippen molar-refractivity contribution in [1.82, 2.24) is 13.7 Å². The van der Waals surface area contributed by atoms with E-state index in [-0.39, 0.29) is 0 Å². The molecule has 18 aromatic carbocycles. The highest BCUT2D eigenvalue weighted by Gasteiger charge is 2.23. The van der Waals surface area contributed by atoms with E-state index in [4.69, 9.17) is 4.42 Å². The van der Waals surface area contributed by atoms with E-state index in [0.717, 1.165) is 27.5 Å². The van der Waals surface area contributed by atoms with Crippen LogP contribution in [0, 0.1) is 0 Å². The fourth-order valence-corrected chi connectivity index (χ4v) is 24.6. The van der Waals surface area contributed by atoms with Gasteiger partial charge in [0.05, 0.1) is 47.2 Å². The summed E-state index contributed by atoms with van der Waals surface area (Å²) in [5.41, 5.74) is 20.3. The highest BCUT2D eigenvalue weighted by atomic mass is 32.1. The Morgan fingerprint density at radius 1 is 0.162 bits per heavy atom. The fraction of sp³-hybridized carbons (Fsp3) is 0. The molecule has 9 heteroatoms. The van der Waals surface area contributed by atoms with Crippen molar-refractivity contribution in [3.05, 3.63) is 382 Å². The summed E-state index contributed by atoms with van der Waals surface area (Å²) in [5.74, 6) is 0. The van der Waals surface area contributed by atoms with Gasteiger partial charge < -0.3 is 18.1 Å². The number of rotatable bonds is 6. The number of para-hydroxylation sites is 4.